The molecule has 0 spiro atoms. The zero-order valence-electron chi connectivity index (χ0n) is 59.3. The lowest BCUT2D eigenvalue weighted by atomic mass is 9.93. The molecule has 0 radical (unpaired) electrons. The van der Waals surface area contributed by atoms with Crippen molar-refractivity contribution in [2.45, 2.75) is 194 Å². The highest BCUT2D eigenvalue weighted by atomic mass is 32.2. The maximum absolute atomic E-state index is 13.3. The molecule has 4 atom stereocenters. The first-order valence-corrected chi connectivity index (χ1v) is 36.5. The molecule has 1 aromatic heterocycles. The summed E-state index contributed by atoms with van der Waals surface area (Å²) in [6.07, 6.45) is 13.3. The molecular formula is C78H109N3O18S. The molecule has 0 bridgehead atoms. The second kappa shape index (κ2) is 46.2. The Labute approximate surface area is 592 Å². The molecular weight excluding hydrogens is 1300 g/mol. The van der Waals surface area contributed by atoms with Crippen LogP contribution in [0.15, 0.2) is 96.2 Å². The first kappa shape index (κ1) is 85.0. The van der Waals surface area contributed by atoms with Gasteiger partial charge in [0, 0.05) is 153 Å². The highest BCUT2D eigenvalue weighted by Gasteiger charge is 2.34. The average molecular weight is 1410 g/mol. The maximum Gasteiger partial charge on any atom is 0.302 e. The van der Waals surface area contributed by atoms with E-state index in [1.807, 2.05) is 68.4 Å². The van der Waals surface area contributed by atoms with E-state index in [0.717, 1.165) is 95.4 Å². The molecule has 4 aromatic carbocycles. The first-order chi connectivity index (χ1) is 47.7. The lowest BCUT2D eigenvalue weighted by molar-refractivity contribution is -0.142. The number of aryl methyl sites for hydroxylation is 1. The fraction of sp³-hybridized carbons (Fsp3) is 0.538. The van der Waals surface area contributed by atoms with Gasteiger partial charge >= 0.3 is 17.9 Å². The lowest BCUT2D eigenvalue weighted by Crippen LogP contribution is -2.27. The third kappa shape index (κ3) is 28.2. The summed E-state index contributed by atoms with van der Waals surface area (Å²) in [5.74, 6) is -1.36. The summed E-state index contributed by atoms with van der Waals surface area (Å²) < 4.78 is 64.3. The summed E-state index contributed by atoms with van der Waals surface area (Å²) in [5, 5.41) is 21.0. The molecule has 4 N–H and O–H groups in total. The third-order valence-corrected chi connectivity index (χ3v) is 18.4. The molecule has 100 heavy (non-hydrogen) atoms. The van der Waals surface area contributed by atoms with Gasteiger partial charge in [0.15, 0.2) is 17.3 Å². The minimum atomic E-state index is -3.54. The van der Waals surface area contributed by atoms with Gasteiger partial charge in [-0.05, 0) is 145 Å². The van der Waals surface area contributed by atoms with Gasteiger partial charge < -0.3 is 48.7 Å². The summed E-state index contributed by atoms with van der Waals surface area (Å²) >= 11 is 0. The highest BCUT2D eigenvalue weighted by molar-refractivity contribution is 7.89. The quantitative estimate of drug-likeness (QED) is 0.0122. The van der Waals surface area contributed by atoms with Crippen LogP contribution >= 0.6 is 0 Å². The molecule has 7 rings (SSSR count). The number of sulfonamides is 1. The number of Topliss-reactive ketones (excluding diaryl/α,β-unsaturated/α-hetero) is 3. The number of fused-ring (bicyclic) bond motifs is 6. The number of pyridine rings is 1. The molecule has 21 nitrogen and oxygen atoms in total. The van der Waals surface area contributed by atoms with E-state index in [2.05, 4.69) is 47.1 Å². The minimum absolute atomic E-state index is 0. The molecule has 1 heterocycles. The van der Waals surface area contributed by atoms with Crippen LogP contribution in [-0.4, -0.2) is 163 Å². The first-order valence-electron chi connectivity index (χ1n) is 35.0. The third-order valence-electron chi connectivity index (χ3n) is 16.8. The maximum atomic E-state index is 13.3. The van der Waals surface area contributed by atoms with Crippen molar-refractivity contribution in [2.75, 3.05) is 85.8 Å². The molecule has 4 unspecified atom stereocenters. The number of amides is 1. The molecule has 1 amide bonds. The summed E-state index contributed by atoms with van der Waals surface area (Å²) in [5.41, 5.74) is 11.4. The number of unbranched alkanes of at least 4 members (excludes halogenated alkanes) is 2. The van der Waals surface area contributed by atoms with Crippen molar-refractivity contribution < 1.29 is 85.4 Å². The van der Waals surface area contributed by atoms with E-state index < -0.39 is 10.0 Å². The van der Waals surface area contributed by atoms with Crippen LogP contribution in [0.2, 0.25) is 0 Å². The van der Waals surface area contributed by atoms with Crippen molar-refractivity contribution in [3.63, 3.8) is 0 Å². The van der Waals surface area contributed by atoms with Crippen molar-refractivity contribution in [2.24, 2.45) is 0 Å². The fourth-order valence-electron chi connectivity index (χ4n) is 11.6. The van der Waals surface area contributed by atoms with Gasteiger partial charge in [0.05, 0.1) is 25.4 Å². The van der Waals surface area contributed by atoms with Gasteiger partial charge in [-0.25, -0.2) is 13.1 Å². The van der Waals surface area contributed by atoms with Crippen LogP contribution in [0.25, 0.3) is 22.3 Å². The topological polar surface area (TPSA) is 296 Å². The van der Waals surface area contributed by atoms with E-state index in [0.29, 0.717) is 132 Å². The number of ether oxygens (including phenoxy) is 7. The molecule has 550 valence electrons. The van der Waals surface area contributed by atoms with Gasteiger partial charge in [-0.3, -0.25) is 38.5 Å². The SMILES string of the molecule is C.CCCCOCCCC(=O)c1ccc2c(c1)C(COC(C)=O)c1cc(C(=O)CCCOC(C)CCO)ccc1-2.CCCCOCCNC(=O)CCCc1ccc2c(c1)C(COC(C)=O)c1cccc(C(=O)CCCOC(C)CCO)c1-2.CCNS(=O)(=O)c1cnccc1CCOC(C)=O. The van der Waals surface area contributed by atoms with E-state index in [9.17, 15) is 42.0 Å². The number of nitrogens with zero attached hydrogens (tertiary/aromatic N) is 1. The Hall–Kier alpha value is -7.41. The Kier molecular flexibility index (Phi) is 39.2. The van der Waals surface area contributed by atoms with E-state index in [1.165, 1.54) is 33.2 Å². The number of hydrogen-bond acceptors (Lipinski definition) is 19. The standard InChI is InChI=1S/C34H47NO7.C32H42O7.C11H16N2O4S.CH4/c1-4-5-19-40-21-17-35-33(39)13-6-9-26-14-15-28-30(22-26)31(23-42-25(3)37)27-10-7-11-29(34(27)28)32(38)12-8-20-41-24(2)16-18-36;1-4-5-16-37-17-6-8-31(35)24-10-12-26-27-13-11-25(32(36)9-7-18-38-22(2)14-15-33)20-29(27)30(28(26)19-24)21-39-23(3)34;1-3-13-18(15,16)11-8-12-6-4-10(11)5-7-17-9(2)14;/h7,10-11,14-15,22,24,31,36H,4-6,8-9,12-13,16-21,23H2,1-3H3,(H,35,39);10-13,19-20,22,30,33H,4-9,14-18,21H2,1-3H3;4,6,8,13H,3,5,7H2,1-2H3;1H4. The molecule has 22 heteroatoms. The number of rotatable bonds is 44. The average Bonchev–Trinajstić information content (AvgIpc) is 1.60. The number of carbonyl (C=O) groups excluding carboxylic acids is 7. The van der Waals surface area contributed by atoms with E-state index >= 15 is 0 Å². The molecule has 0 aliphatic heterocycles. The number of ketones is 3. The Balaban J connectivity index is 0.000000340. The van der Waals surface area contributed by atoms with Gasteiger partial charge in [-0.1, -0.05) is 102 Å². The van der Waals surface area contributed by atoms with Crippen LogP contribution in [-0.2, 0) is 75.2 Å². The predicted molar refractivity (Wildman–Crippen MR) is 385 cm³/mol. The number of aliphatic hydroxyl groups excluding tert-OH is 2. The van der Waals surface area contributed by atoms with Crippen LogP contribution in [0.5, 0.6) is 0 Å². The molecule has 0 saturated heterocycles. The minimum Gasteiger partial charge on any atom is -0.466 e. The van der Waals surface area contributed by atoms with Gasteiger partial charge in [-0.15, -0.1) is 0 Å². The highest BCUT2D eigenvalue weighted by Crippen LogP contribution is 2.48. The monoisotopic (exact) mass is 1410 g/mol. The Bertz CT molecular complexity index is 3520. The van der Waals surface area contributed by atoms with Gasteiger partial charge in [0.25, 0.3) is 0 Å². The van der Waals surface area contributed by atoms with E-state index in [4.69, 9.17) is 43.4 Å². The largest absolute Gasteiger partial charge is 0.466 e. The van der Waals surface area contributed by atoms with Gasteiger partial charge in [0.2, 0.25) is 15.9 Å². The molecule has 5 aromatic rings. The predicted octanol–water partition coefficient (Wildman–Crippen LogP) is 12.4. The van der Waals surface area contributed by atoms with Gasteiger partial charge in [0.1, 0.15) is 18.1 Å². The van der Waals surface area contributed by atoms with Crippen LogP contribution < -0.4 is 10.0 Å². The second-order valence-electron chi connectivity index (χ2n) is 24.7. The molecule has 0 saturated carbocycles. The Morgan fingerprint density at radius 2 is 1.07 bits per heavy atom. The van der Waals surface area contributed by atoms with Crippen LogP contribution in [0.1, 0.15) is 229 Å². The molecule has 0 fully saturated rings. The number of hydrogen-bond donors (Lipinski definition) is 4. The van der Waals surface area contributed by atoms with Crippen molar-refractivity contribution in [1.82, 2.24) is 15.0 Å². The number of aliphatic hydroxyl groups is 2. The van der Waals surface area contributed by atoms with E-state index in [-0.39, 0.29) is 111 Å². The van der Waals surface area contributed by atoms with Crippen LogP contribution in [0.4, 0.5) is 0 Å². The number of carbonyl (C=O) groups is 7. The number of nitrogens with one attached hydrogen (secondary N) is 2. The van der Waals surface area contributed by atoms with Crippen LogP contribution in [0, 0.1) is 0 Å². The van der Waals surface area contributed by atoms with E-state index in [1.54, 1.807) is 13.0 Å². The van der Waals surface area contributed by atoms with Crippen molar-refractivity contribution >= 4 is 51.2 Å². The molecule has 2 aliphatic carbocycles. The van der Waals surface area contributed by atoms with Crippen molar-refractivity contribution in [1.29, 1.82) is 0 Å². The number of aromatic nitrogens is 1. The fourth-order valence-corrected chi connectivity index (χ4v) is 12.8. The Morgan fingerprint density at radius 1 is 0.550 bits per heavy atom. The van der Waals surface area contributed by atoms with Crippen molar-refractivity contribution in [3.05, 3.63) is 141 Å². The number of esters is 3. The summed E-state index contributed by atoms with van der Waals surface area (Å²) in [6, 6.07) is 25.0. The Morgan fingerprint density at radius 3 is 1.62 bits per heavy atom. The van der Waals surface area contributed by atoms with Crippen LogP contribution in [0.3, 0.4) is 0 Å². The summed E-state index contributed by atoms with van der Waals surface area (Å²) in [7, 11) is -3.54. The van der Waals surface area contributed by atoms with Gasteiger partial charge in [-0.2, -0.15) is 0 Å². The normalized spacial score (nSPS) is 13.7. The second-order valence-corrected chi connectivity index (χ2v) is 26.4. The number of benzene rings is 4. The molecule has 2 aliphatic rings. The zero-order valence-corrected chi connectivity index (χ0v) is 60.1. The zero-order chi connectivity index (χ0) is 72.1. The summed E-state index contributed by atoms with van der Waals surface area (Å²) in [4.78, 5) is 89.4. The van der Waals surface area contributed by atoms with Crippen molar-refractivity contribution in [3.8, 4) is 22.3 Å². The lowest BCUT2D eigenvalue weighted by Gasteiger charge is -2.15. The summed E-state index contributed by atoms with van der Waals surface area (Å²) in [6.45, 7) is 18.8. The smallest absolute Gasteiger partial charge is 0.302 e.